The topological polar surface area (TPSA) is 69.6 Å². The Hall–Kier alpha value is -3.82. The van der Waals surface area contributed by atoms with Crippen LogP contribution in [0.3, 0.4) is 0 Å². The molecule has 0 N–H and O–H groups in total. The fourth-order valence-electron chi connectivity index (χ4n) is 5.74. The molecule has 6 rings (SSSR count). The molecule has 43 heavy (non-hydrogen) atoms. The van der Waals surface area contributed by atoms with Crippen LogP contribution in [0.2, 0.25) is 0 Å². The number of fused-ring (bicyclic) bond motifs is 1. The molecule has 5 atom stereocenters. The maximum Gasteiger partial charge on any atom is 0.331 e. The van der Waals surface area contributed by atoms with Gasteiger partial charge in [0.15, 0.2) is 6.04 Å². The van der Waals surface area contributed by atoms with Crippen molar-refractivity contribution in [3.8, 4) is 0 Å². The molecule has 2 aliphatic rings. The Morgan fingerprint density at radius 2 is 1.19 bits per heavy atom. The molecule has 0 spiro atoms. The second kappa shape index (κ2) is 13.7. The lowest BCUT2D eigenvalue weighted by Gasteiger charge is -2.31. The smallest absolute Gasteiger partial charge is 0.331 e. The summed E-state index contributed by atoms with van der Waals surface area (Å²) in [5, 5.41) is 6.79. The van der Waals surface area contributed by atoms with Crippen LogP contribution in [-0.2, 0) is 43.6 Å². The predicted octanol–water partition coefficient (Wildman–Crippen LogP) is 6.55. The van der Waals surface area contributed by atoms with Gasteiger partial charge in [-0.2, -0.15) is 5.10 Å². The van der Waals surface area contributed by atoms with Gasteiger partial charge in [-0.3, -0.25) is 5.01 Å². The molecule has 220 valence electrons. The molecular formula is C35H33BrN2O5. The number of anilines is 1. The number of benzene rings is 4. The molecular weight excluding hydrogens is 608 g/mol. The number of nitrogens with zero attached hydrogens (tertiary/aromatic N) is 2. The van der Waals surface area contributed by atoms with Crippen molar-refractivity contribution in [1.82, 2.24) is 0 Å². The zero-order valence-corrected chi connectivity index (χ0v) is 25.4. The largest absolute Gasteiger partial charge is 0.467 e. The lowest BCUT2D eigenvalue weighted by atomic mass is 9.94. The van der Waals surface area contributed by atoms with Crippen LogP contribution in [0.5, 0.6) is 0 Å². The maximum atomic E-state index is 13.5. The third-order valence-corrected chi connectivity index (χ3v) is 8.34. The maximum absolute atomic E-state index is 13.5. The van der Waals surface area contributed by atoms with E-state index in [4.69, 9.17) is 24.0 Å². The van der Waals surface area contributed by atoms with Crippen molar-refractivity contribution in [1.29, 1.82) is 0 Å². The minimum atomic E-state index is -0.755. The van der Waals surface area contributed by atoms with Crippen LogP contribution >= 0.6 is 15.9 Å². The van der Waals surface area contributed by atoms with E-state index in [-0.39, 0.29) is 0 Å². The molecule has 0 amide bonds. The summed E-state index contributed by atoms with van der Waals surface area (Å²) in [6, 6.07) is 36.9. The van der Waals surface area contributed by atoms with E-state index in [1.54, 1.807) is 5.01 Å². The van der Waals surface area contributed by atoms with E-state index in [9.17, 15) is 4.79 Å². The number of carbonyl (C=O) groups excluding carboxylic acids is 1. The van der Waals surface area contributed by atoms with Crippen molar-refractivity contribution < 1.29 is 23.7 Å². The van der Waals surface area contributed by atoms with E-state index in [1.807, 2.05) is 115 Å². The molecule has 1 aliphatic heterocycles. The fraction of sp³-hybridized carbons (Fsp3) is 0.257. The van der Waals surface area contributed by atoms with Crippen LogP contribution < -0.4 is 5.01 Å². The number of carbonyl (C=O) groups is 1. The lowest BCUT2D eigenvalue weighted by molar-refractivity contribution is -0.148. The molecule has 0 unspecified atom stereocenters. The fourth-order valence-corrected chi connectivity index (χ4v) is 6.00. The van der Waals surface area contributed by atoms with E-state index < -0.39 is 36.2 Å². The first kappa shape index (κ1) is 29.3. The summed E-state index contributed by atoms with van der Waals surface area (Å²) < 4.78 is 26.2. The number of halogens is 1. The average Bonchev–Trinajstić information content (AvgIpc) is 3.57. The van der Waals surface area contributed by atoms with E-state index in [0.717, 1.165) is 26.9 Å². The Labute approximate surface area is 260 Å². The third kappa shape index (κ3) is 6.58. The molecule has 1 heterocycles. The molecule has 8 heteroatoms. The van der Waals surface area contributed by atoms with E-state index in [1.165, 1.54) is 7.11 Å². The van der Waals surface area contributed by atoms with E-state index in [0.29, 0.717) is 25.5 Å². The number of hydrazone groups is 1. The second-order valence-corrected chi connectivity index (χ2v) is 11.5. The number of ether oxygens (including phenoxy) is 4. The Bertz CT molecular complexity index is 1520. The summed E-state index contributed by atoms with van der Waals surface area (Å²) in [5.41, 5.74) is 4.57. The van der Waals surface area contributed by atoms with Crippen molar-refractivity contribution in [3.05, 3.63) is 136 Å². The molecule has 1 saturated carbocycles. The normalized spacial score (nSPS) is 22.7. The number of hydrogen-bond acceptors (Lipinski definition) is 7. The summed E-state index contributed by atoms with van der Waals surface area (Å²) in [6.07, 6.45) is -1.61. The lowest BCUT2D eigenvalue weighted by Crippen LogP contribution is -2.47. The van der Waals surface area contributed by atoms with Crippen LogP contribution in [0.1, 0.15) is 16.7 Å². The first-order chi connectivity index (χ1) is 21.1. The zero-order chi connectivity index (χ0) is 29.6. The van der Waals surface area contributed by atoms with Gasteiger partial charge in [0.2, 0.25) is 0 Å². The monoisotopic (exact) mass is 640 g/mol. The van der Waals surface area contributed by atoms with Gasteiger partial charge in [0.25, 0.3) is 0 Å². The Balaban J connectivity index is 1.39. The second-order valence-electron chi connectivity index (χ2n) is 10.6. The molecule has 1 aliphatic carbocycles. The number of rotatable bonds is 11. The van der Waals surface area contributed by atoms with Crippen molar-refractivity contribution >= 4 is 33.3 Å². The van der Waals surface area contributed by atoms with Crippen molar-refractivity contribution in [3.63, 3.8) is 0 Å². The zero-order valence-electron chi connectivity index (χ0n) is 23.8. The standard InChI is InChI=1S/C35H33BrN2O5/c1-40-35(39)31-29-30(37-38(31)28-19-17-27(36)18-20-28)33(42-22-25-13-7-3-8-14-25)34(43-23-26-15-9-4-10-16-26)32(29)41-21-24-11-5-2-6-12-24/h2-20,29,31-34H,21-23H2,1H3/t29-,31-,32+,33+,34+/m1/s1. The van der Waals surface area contributed by atoms with Gasteiger partial charge in [-0.15, -0.1) is 0 Å². The van der Waals surface area contributed by atoms with E-state index >= 15 is 0 Å². The Morgan fingerprint density at radius 3 is 1.70 bits per heavy atom. The summed E-state index contributed by atoms with van der Waals surface area (Å²) >= 11 is 3.51. The highest BCUT2D eigenvalue weighted by Gasteiger charge is 2.60. The minimum absolute atomic E-state index is 0.345. The van der Waals surface area contributed by atoms with Crippen LogP contribution in [0.15, 0.2) is 125 Å². The van der Waals surface area contributed by atoms with Gasteiger partial charge < -0.3 is 18.9 Å². The van der Waals surface area contributed by atoms with Crippen LogP contribution in [0.25, 0.3) is 0 Å². The van der Waals surface area contributed by atoms with E-state index in [2.05, 4.69) is 15.9 Å². The molecule has 0 bridgehead atoms. The minimum Gasteiger partial charge on any atom is -0.467 e. The van der Waals surface area contributed by atoms with Gasteiger partial charge in [0.05, 0.1) is 50.4 Å². The Morgan fingerprint density at radius 1 is 0.698 bits per heavy atom. The van der Waals surface area contributed by atoms with Crippen molar-refractivity contribution in [2.45, 2.75) is 44.2 Å². The highest BCUT2D eigenvalue weighted by molar-refractivity contribution is 9.10. The summed E-state index contributed by atoms with van der Waals surface area (Å²) in [7, 11) is 1.40. The first-order valence-corrected chi connectivity index (χ1v) is 15.1. The van der Waals surface area contributed by atoms with Gasteiger partial charge in [-0.25, -0.2) is 4.79 Å². The molecule has 1 fully saturated rings. The predicted molar refractivity (Wildman–Crippen MR) is 168 cm³/mol. The summed E-state index contributed by atoms with van der Waals surface area (Å²) in [4.78, 5) is 13.5. The van der Waals surface area contributed by atoms with Gasteiger partial charge in [-0.05, 0) is 41.0 Å². The van der Waals surface area contributed by atoms with Crippen LogP contribution in [0.4, 0.5) is 5.69 Å². The number of esters is 1. The van der Waals surface area contributed by atoms with Gasteiger partial charge in [0.1, 0.15) is 12.2 Å². The molecule has 0 saturated heterocycles. The molecule has 0 radical (unpaired) electrons. The van der Waals surface area contributed by atoms with Crippen molar-refractivity contribution in [2.24, 2.45) is 11.0 Å². The first-order valence-electron chi connectivity index (χ1n) is 14.3. The molecule has 0 aromatic heterocycles. The SMILES string of the molecule is COC(=O)[C@H]1[C@H]2C(=NN1c1ccc(Br)cc1)[C@H](OCc1ccccc1)[C@@H](OCc1ccccc1)[C@H]2OCc1ccccc1. The third-order valence-electron chi connectivity index (χ3n) is 7.81. The molecule has 7 nitrogen and oxygen atoms in total. The highest BCUT2D eigenvalue weighted by Crippen LogP contribution is 2.43. The molecule has 4 aromatic rings. The van der Waals surface area contributed by atoms with Gasteiger partial charge in [-0.1, -0.05) is 107 Å². The van der Waals surface area contributed by atoms with Gasteiger partial charge in [0, 0.05) is 4.47 Å². The van der Waals surface area contributed by atoms with Gasteiger partial charge >= 0.3 is 5.97 Å². The Kier molecular flexibility index (Phi) is 9.29. The van der Waals surface area contributed by atoms with Crippen molar-refractivity contribution in [2.75, 3.05) is 12.1 Å². The highest BCUT2D eigenvalue weighted by atomic mass is 79.9. The quantitative estimate of drug-likeness (QED) is 0.173. The number of methoxy groups -OCH3 is 1. The summed E-state index contributed by atoms with van der Waals surface area (Å²) in [6.45, 7) is 1.06. The summed E-state index contributed by atoms with van der Waals surface area (Å²) in [5.74, 6) is -0.855. The number of hydrogen-bond donors (Lipinski definition) is 0. The van der Waals surface area contributed by atoms with Crippen LogP contribution in [-0.4, -0.2) is 43.1 Å². The van der Waals surface area contributed by atoms with Crippen LogP contribution in [0, 0.1) is 5.92 Å². The molecule has 4 aromatic carbocycles. The average molecular weight is 642 g/mol.